The van der Waals surface area contributed by atoms with E-state index in [1.165, 1.54) is 39.7 Å². The van der Waals surface area contributed by atoms with Crippen LogP contribution >= 0.6 is 0 Å². The summed E-state index contributed by atoms with van der Waals surface area (Å²) >= 11 is 0. The van der Waals surface area contributed by atoms with E-state index in [0.717, 1.165) is 4.09 Å². The molecule has 43 heavy (non-hydrogen) atoms. The largest absolute Gasteiger partial charge is 0.351 e. The third-order valence-corrected chi connectivity index (χ3v) is 10.1. The fourth-order valence-electron chi connectivity index (χ4n) is 4.95. The lowest BCUT2D eigenvalue weighted by molar-refractivity contribution is 0.331. The summed E-state index contributed by atoms with van der Waals surface area (Å²) in [6.45, 7) is 0.971. The molecule has 13 nitrogen and oxygen atoms in total. The lowest BCUT2D eigenvalue weighted by Gasteiger charge is -2.30. The number of nitrogens with one attached hydrogen (secondary N) is 1. The number of benzene rings is 2. The first-order chi connectivity index (χ1) is 20.6. The van der Waals surface area contributed by atoms with E-state index in [1.54, 1.807) is 36.5 Å². The number of hydrogen-bond donors (Lipinski definition) is 1. The maximum Gasteiger partial charge on any atom is 0.284 e. The second-order valence-electron chi connectivity index (χ2n) is 10.3. The van der Waals surface area contributed by atoms with Crippen LogP contribution in [0.4, 0.5) is 5.95 Å². The molecule has 222 valence electrons. The summed E-state index contributed by atoms with van der Waals surface area (Å²) in [6.07, 6.45) is 5.21. The first-order valence-electron chi connectivity index (χ1n) is 13.5. The molecular weight excluding hydrogens is 592 g/mol. The van der Waals surface area contributed by atoms with Crippen LogP contribution in [0, 0.1) is 0 Å². The second kappa shape index (κ2) is 11.3. The van der Waals surface area contributed by atoms with Gasteiger partial charge in [-0.25, -0.2) is 22.7 Å². The lowest BCUT2D eigenvalue weighted by atomic mass is 10.1. The van der Waals surface area contributed by atoms with Crippen LogP contribution in [0.5, 0.6) is 0 Å². The molecule has 0 aliphatic carbocycles. The van der Waals surface area contributed by atoms with Crippen LogP contribution in [0.1, 0.15) is 18.4 Å². The molecule has 15 heteroatoms. The summed E-state index contributed by atoms with van der Waals surface area (Å²) in [6, 6.07) is 18.4. The van der Waals surface area contributed by atoms with Crippen LogP contribution in [-0.4, -0.2) is 75.2 Å². The molecule has 6 rings (SSSR count). The summed E-state index contributed by atoms with van der Waals surface area (Å²) in [5.74, 6) is 0.639. The van der Waals surface area contributed by atoms with E-state index < -0.39 is 20.0 Å². The summed E-state index contributed by atoms with van der Waals surface area (Å²) in [5, 5.41) is 8.08. The first-order valence-corrected chi connectivity index (χ1v) is 16.8. The Morgan fingerprint density at radius 2 is 1.63 bits per heavy atom. The molecule has 1 fully saturated rings. The topological polar surface area (TPSA) is 162 Å². The molecule has 2 aromatic carbocycles. The SMILES string of the molecule is CS(=O)(=O)N1CCC(Nc2ncc3ccc(=O)n(Cc4ccc(S(=O)(=O)n5cnc(-c6ccccc6)n5)cc4)c3n2)CC1. The number of sulfonamides is 1. The van der Waals surface area contributed by atoms with E-state index in [4.69, 9.17) is 0 Å². The van der Waals surface area contributed by atoms with Gasteiger partial charge in [0.1, 0.15) is 12.0 Å². The number of piperidine rings is 1. The molecule has 1 aliphatic rings. The molecule has 5 aromatic rings. The Labute approximate surface area is 248 Å². The zero-order valence-electron chi connectivity index (χ0n) is 23.1. The quantitative estimate of drug-likeness (QED) is 0.272. The smallest absolute Gasteiger partial charge is 0.284 e. The average Bonchev–Trinajstić information content (AvgIpc) is 3.51. The minimum atomic E-state index is -3.98. The van der Waals surface area contributed by atoms with E-state index in [9.17, 15) is 21.6 Å². The summed E-state index contributed by atoms with van der Waals surface area (Å²) in [7, 11) is -7.21. The molecule has 0 amide bonds. The van der Waals surface area contributed by atoms with Gasteiger partial charge in [-0.15, -0.1) is 9.19 Å². The summed E-state index contributed by atoms with van der Waals surface area (Å²) in [5.41, 5.74) is 1.54. The van der Waals surface area contributed by atoms with E-state index in [1.807, 2.05) is 18.2 Å². The molecule has 4 heterocycles. The normalized spacial score (nSPS) is 15.1. The third-order valence-electron chi connectivity index (χ3n) is 7.29. The molecule has 0 spiro atoms. The van der Waals surface area contributed by atoms with Crippen LogP contribution in [0.15, 0.2) is 88.9 Å². The minimum Gasteiger partial charge on any atom is -0.351 e. The van der Waals surface area contributed by atoms with Crippen molar-refractivity contribution in [2.24, 2.45) is 0 Å². The van der Waals surface area contributed by atoms with Gasteiger partial charge in [-0.1, -0.05) is 42.5 Å². The molecule has 1 aliphatic heterocycles. The van der Waals surface area contributed by atoms with E-state index in [2.05, 4.69) is 25.4 Å². The zero-order valence-corrected chi connectivity index (χ0v) is 24.7. The molecule has 0 atom stereocenters. The highest BCUT2D eigenvalue weighted by Gasteiger charge is 2.25. The molecule has 0 bridgehead atoms. The Hall–Kier alpha value is -4.47. The van der Waals surface area contributed by atoms with Gasteiger partial charge in [-0.05, 0) is 36.6 Å². The number of nitrogens with zero attached hydrogens (tertiary/aromatic N) is 7. The lowest BCUT2D eigenvalue weighted by Crippen LogP contribution is -2.42. The van der Waals surface area contributed by atoms with E-state index >= 15 is 0 Å². The molecular formula is C28H28N8O5S2. The molecule has 3 aromatic heterocycles. The predicted molar refractivity (Wildman–Crippen MR) is 160 cm³/mol. The number of aromatic nitrogens is 6. The minimum absolute atomic E-state index is 0.0115. The maximum absolute atomic E-state index is 13.2. The van der Waals surface area contributed by atoms with Gasteiger partial charge >= 0.3 is 0 Å². The average molecular weight is 621 g/mol. The van der Waals surface area contributed by atoms with Gasteiger partial charge in [0, 0.05) is 42.3 Å². The second-order valence-corrected chi connectivity index (χ2v) is 14.0. The number of hydrogen-bond acceptors (Lipinski definition) is 10. The van der Waals surface area contributed by atoms with E-state index in [0.29, 0.717) is 59.9 Å². The van der Waals surface area contributed by atoms with Crippen LogP contribution in [0.3, 0.4) is 0 Å². The fourth-order valence-corrected chi connectivity index (χ4v) is 6.88. The standard InChI is InChI=1S/C28H28N8O5S2/c1-42(38,39)34-15-13-23(14-16-34)31-28-29-17-22-9-12-25(37)35(27(22)32-28)18-20-7-10-24(11-8-20)43(40,41)36-19-30-26(33-36)21-5-3-2-4-6-21/h2-12,17,19,23H,13-16,18H2,1H3,(H,29,31,32). The van der Waals surface area contributed by atoms with Crippen molar-refractivity contribution in [3.8, 4) is 11.4 Å². The number of pyridine rings is 1. The Bertz CT molecular complexity index is 2050. The van der Waals surface area contributed by atoms with Gasteiger partial charge in [0.25, 0.3) is 15.6 Å². The Morgan fingerprint density at radius 1 is 0.907 bits per heavy atom. The van der Waals surface area contributed by atoms with Crippen molar-refractivity contribution in [2.75, 3.05) is 24.7 Å². The van der Waals surface area contributed by atoms with Crippen molar-refractivity contribution in [1.82, 2.24) is 33.0 Å². The van der Waals surface area contributed by atoms with Gasteiger partial charge < -0.3 is 5.32 Å². The van der Waals surface area contributed by atoms with Gasteiger partial charge in [0.15, 0.2) is 5.82 Å². The van der Waals surface area contributed by atoms with Gasteiger partial charge in [-0.3, -0.25) is 9.36 Å². The number of anilines is 1. The van der Waals surface area contributed by atoms with Gasteiger partial charge in [0.05, 0.1) is 17.7 Å². The summed E-state index contributed by atoms with van der Waals surface area (Å²) < 4.78 is 53.8. The highest BCUT2D eigenvalue weighted by Crippen LogP contribution is 2.20. The zero-order chi connectivity index (χ0) is 30.2. The van der Waals surface area contributed by atoms with Crippen molar-refractivity contribution < 1.29 is 16.8 Å². The van der Waals surface area contributed by atoms with Crippen molar-refractivity contribution in [3.05, 3.63) is 95.2 Å². The van der Waals surface area contributed by atoms with Crippen LogP contribution in [0.2, 0.25) is 0 Å². The molecule has 1 saturated heterocycles. The molecule has 1 N–H and O–H groups in total. The Kier molecular flexibility index (Phi) is 7.54. The molecule has 0 unspecified atom stereocenters. The fraction of sp³-hybridized carbons (Fsp3) is 0.250. The highest BCUT2D eigenvalue weighted by atomic mass is 32.2. The van der Waals surface area contributed by atoms with Crippen LogP contribution in [0.25, 0.3) is 22.4 Å². The van der Waals surface area contributed by atoms with Crippen LogP contribution < -0.4 is 10.9 Å². The van der Waals surface area contributed by atoms with E-state index in [-0.39, 0.29) is 23.0 Å². The maximum atomic E-state index is 13.2. The van der Waals surface area contributed by atoms with Crippen molar-refractivity contribution >= 4 is 37.0 Å². The monoisotopic (exact) mass is 620 g/mol. The van der Waals surface area contributed by atoms with Crippen molar-refractivity contribution in [2.45, 2.75) is 30.3 Å². The van der Waals surface area contributed by atoms with Gasteiger partial charge in [0.2, 0.25) is 16.0 Å². The number of fused-ring (bicyclic) bond motifs is 1. The van der Waals surface area contributed by atoms with Crippen molar-refractivity contribution in [1.29, 1.82) is 0 Å². The first kappa shape index (κ1) is 28.6. The Balaban J connectivity index is 1.21. The summed E-state index contributed by atoms with van der Waals surface area (Å²) in [4.78, 5) is 26.1. The highest BCUT2D eigenvalue weighted by molar-refractivity contribution is 7.89. The Morgan fingerprint density at radius 3 is 2.33 bits per heavy atom. The third kappa shape index (κ3) is 6.04. The van der Waals surface area contributed by atoms with Crippen LogP contribution in [-0.2, 0) is 26.6 Å². The predicted octanol–water partition coefficient (Wildman–Crippen LogP) is 2.17. The molecule has 0 saturated carbocycles. The van der Waals surface area contributed by atoms with Crippen molar-refractivity contribution in [3.63, 3.8) is 0 Å². The molecule has 0 radical (unpaired) electrons. The number of rotatable bonds is 8. The van der Waals surface area contributed by atoms with Gasteiger partial charge in [-0.2, -0.15) is 13.4 Å².